The van der Waals surface area contributed by atoms with Gasteiger partial charge in [0, 0.05) is 5.56 Å². The van der Waals surface area contributed by atoms with E-state index >= 15 is 0 Å². The Bertz CT molecular complexity index is 1520. The first kappa shape index (κ1) is 28.6. The molecule has 3 N–H and O–H groups in total. The van der Waals surface area contributed by atoms with Gasteiger partial charge in [-0.05, 0) is 79.2 Å². The molecule has 1 atom stereocenters. The van der Waals surface area contributed by atoms with Crippen LogP contribution < -0.4 is 20.1 Å². The van der Waals surface area contributed by atoms with Gasteiger partial charge in [-0.1, -0.05) is 12.1 Å². The fourth-order valence-corrected chi connectivity index (χ4v) is 4.64. The number of Topliss-reactive ketones (excluding diaryl/α,β-unsaturated/α-hetero) is 1. The minimum absolute atomic E-state index is 0.0118. The number of anilines is 1. The second-order valence-corrected chi connectivity index (χ2v) is 10.6. The van der Waals surface area contributed by atoms with Crippen molar-refractivity contribution >= 4 is 39.3 Å². The summed E-state index contributed by atoms with van der Waals surface area (Å²) in [6, 6.07) is 17.6. The van der Waals surface area contributed by atoms with Crippen LogP contribution in [0.15, 0.2) is 77.7 Å². The summed E-state index contributed by atoms with van der Waals surface area (Å²) in [5.74, 6) is -1.31. The fraction of sp³-hybridized carbons (Fsp3) is 0.214. The van der Waals surface area contributed by atoms with Gasteiger partial charge in [0.2, 0.25) is 15.9 Å². The number of amides is 2. The molecule has 0 saturated carbocycles. The minimum Gasteiger partial charge on any atom is -0.497 e. The number of nitrogens with two attached hydrogens (primary N) is 1. The van der Waals surface area contributed by atoms with Crippen LogP contribution in [0.4, 0.5) is 5.69 Å². The lowest BCUT2D eigenvalue weighted by Crippen LogP contribution is -2.39. The molecule has 1 aliphatic rings. The highest BCUT2D eigenvalue weighted by Crippen LogP contribution is 2.24. The Balaban J connectivity index is 1.29. The third-order valence-corrected chi connectivity index (χ3v) is 7.24. The summed E-state index contributed by atoms with van der Waals surface area (Å²) in [4.78, 5) is 51.3. The third-order valence-electron chi connectivity index (χ3n) is 6.31. The first-order valence-electron chi connectivity index (χ1n) is 12.2. The number of hydrogen-bond acceptors (Lipinski definition) is 9. The van der Waals surface area contributed by atoms with Crippen molar-refractivity contribution in [2.75, 3.05) is 25.2 Å². The predicted molar refractivity (Wildman–Crippen MR) is 144 cm³/mol. The monoisotopic (exact) mass is 565 g/mol. The molecule has 12 heteroatoms. The van der Waals surface area contributed by atoms with Gasteiger partial charge < -0.3 is 14.8 Å². The van der Waals surface area contributed by atoms with E-state index in [4.69, 9.17) is 14.6 Å². The molecule has 0 spiro atoms. The fourth-order valence-electron chi connectivity index (χ4n) is 4.12. The van der Waals surface area contributed by atoms with Gasteiger partial charge in [0.25, 0.3) is 5.91 Å². The highest BCUT2D eigenvalue weighted by molar-refractivity contribution is 7.89. The standard InChI is InChI=1S/C28H27N3O8S/c1-38-22-10-6-19(7-11-22)25(32)17-39-28(35)20-4-8-21(9-5-20)31-26(33)16-24(27(31)34)30-15-14-18-2-12-23(13-3-18)40(29,36)37/h2-13,24,30H,14-17H2,1H3,(H2,29,36,37). The molecule has 1 heterocycles. The van der Waals surface area contributed by atoms with Gasteiger partial charge in [0.05, 0.1) is 35.7 Å². The SMILES string of the molecule is COc1ccc(C(=O)COC(=O)c2ccc(N3C(=O)CC(NCCc4ccc(S(N)(=O)=O)cc4)C3=O)cc2)cc1. The highest BCUT2D eigenvalue weighted by Gasteiger charge is 2.39. The number of rotatable bonds is 11. The zero-order valence-corrected chi connectivity index (χ0v) is 22.3. The van der Waals surface area contributed by atoms with Gasteiger partial charge in [0.1, 0.15) is 5.75 Å². The number of hydrogen-bond donors (Lipinski definition) is 2. The van der Waals surface area contributed by atoms with Crippen molar-refractivity contribution in [3.63, 3.8) is 0 Å². The Morgan fingerprint density at radius 3 is 2.17 bits per heavy atom. The maximum Gasteiger partial charge on any atom is 0.338 e. The summed E-state index contributed by atoms with van der Waals surface area (Å²) in [5, 5.41) is 8.16. The third kappa shape index (κ3) is 6.78. The number of esters is 1. The Hall–Kier alpha value is -4.39. The lowest BCUT2D eigenvalue weighted by molar-refractivity contribution is -0.121. The molecule has 1 fully saturated rings. The maximum absolute atomic E-state index is 12.9. The summed E-state index contributed by atoms with van der Waals surface area (Å²) < 4.78 is 32.9. The molecule has 208 valence electrons. The number of imide groups is 1. The highest BCUT2D eigenvalue weighted by atomic mass is 32.2. The maximum atomic E-state index is 12.9. The first-order valence-corrected chi connectivity index (χ1v) is 13.8. The van der Waals surface area contributed by atoms with Gasteiger partial charge in [-0.3, -0.25) is 14.4 Å². The van der Waals surface area contributed by atoms with E-state index in [9.17, 15) is 27.6 Å². The van der Waals surface area contributed by atoms with E-state index in [1.54, 1.807) is 36.4 Å². The number of ether oxygens (including phenoxy) is 2. The van der Waals surface area contributed by atoms with E-state index in [0.29, 0.717) is 30.0 Å². The Morgan fingerprint density at radius 1 is 0.950 bits per heavy atom. The van der Waals surface area contributed by atoms with Crippen LogP contribution in [0.2, 0.25) is 0 Å². The average molecular weight is 566 g/mol. The molecule has 1 unspecified atom stereocenters. The molecule has 3 aromatic rings. The van der Waals surface area contributed by atoms with E-state index < -0.39 is 34.5 Å². The van der Waals surface area contributed by atoms with Crippen LogP contribution in [0.3, 0.4) is 0 Å². The van der Waals surface area contributed by atoms with E-state index in [1.165, 1.54) is 43.5 Å². The predicted octanol–water partition coefficient (Wildman–Crippen LogP) is 1.85. The van der Waals surface area contributed by atoms with Crippen LogP contribution in [-0.2, 0) is 30.8 Å². The van der Waals surface area contributed by atoms with Gasteiger partial charge in [-0.25, -0.2) is 23.3 Å². The average Bonchev–Trinajstić information content (AvgIpc) is 3.23. The van der Waals surface area contributed by atoms with Crippen molar-refractivity contribution in [1.82, 2.24) is 5.32 Å². The summed E-state index contributed by atoms with van der Waals surface area (Å²) in [7, 11) is -2.26. The molecule has 2 amide bonds. The molecule has 1 saturated heterocycles. The summed E-state index contributed by atoms with van der Waals surface area (Å²) >= 11 is 0. The topological polar surface area (TPSA) is 162 Å². The molecular weight excluding hydrogens is 538 g/mol. The Labute approximate surface area is 230 Å². The van der Waals surface area contributed by atoms with Gasteiger partial charge in [-0.2, -0.15) is 0 Å². The molecule has 40 heavy (non-hydrogen) atoms. The second kappa shape index (κ2) is 12.2. The van der Waals surface area contributed by atoms with Crippen LogP contribution in [0.5, 0.6) is 5.75 Å². The van der Waals surface area contributed by atoms with Crippen molar-refractivity contribution in [3.8, 4) is 5.75 Å². The van der Waals surface area contributed by atoms with Crippen molar-refractivity contribution in [1.29, 1.82) is 0 Å². The van der Waals surface area contributed by atoms with Crippen LogP contribution in [0, 0.1) is 0 Å². The van der Waals surface area contributed by atoms with Gasteiger partial charge in [-0.15, -0.1) is 0 Å². The molecule has 4 rings (SSSR count). The molecular formula is C28H27N3O8S. The number of methoxy groups -OCH3 is 1. The lowest BCUT2D eigenvalue weighted by atomic mass is 10.1. The second-order valence-electron chi connectivity index (χ2n) is 8.99. The van der Waals surface area contributed by atoms with E-state index in [-0.39, 0.29) is 28.6 Å². The Morgan fingerprint density at radius 2 is 1.57 bits per heavy atom. The molecule has 0 bridgehead atoms. The zero-order chi connectivity index (χ0) is 28.9. The number of benzene rings is 3. The van der Waals surface area contributed by atoms with Crippen LogP contribution >= 0.6 is 0 Å². The van der Waals surface area contributed by atoms with Gasteiger partial charge >= 0.3 is 5.97 Å². The largest absolute Gasteiger partial charge is 0.497 e. The van der Waals surface area contributed by atoms with Crippen molar-refractivity contribution in [2.45, 2.75) is 23.8 Å². The van der Waals surface area contributed by atoms with E-state index in [2.05, 4.69) is 5.32 Å². The molecule has 0 radical (unpaired) electrons. The number of carbonyl (C=O) groups excluding carboxylic acids is 4. The molecule has 1 aliphatic heterocycles. The van der Waals surface area contributed by atoms with Crippen LogP contribution in [0.25, 0.3) is 0 Å². The number of ketones is 1. The number of carbonyl (C=O) groups is 4. The number of primary sulfonamides is 1. The number of nitrogens with zero attached hydrogens (tertiary/aromatic N) is 1. The van der Waals surface area contributed by atoms with Crippen molar-refractivity contribution in [3.05, 3.63) is 89.5 Å². The number of nitrogens with one attached hydrogen (secondary N) is 1. The zero-order valence-electron chi connectivity index (χ0n) is 21.5. The molecule has 0 aliphatic carbocycles. The Kier molecular flexibility index (Phi) is 8.73. The summed E-state index contributed by atoms with van der Waals surface area (Å²) in [6.45, 7) is -0.0636. The van der Waals surface area contributed by atoms with E-state index in [1.807, 2.05) is 0 Å². The lowest BCUT2D eigenvalue weighted by Gasteiger charge is -2.16. The minimum atomic E-state index is -3.77. The van der Waals surface area contributed by atoms with Gasteiger partial charge in [0.15, 0.2) is 12.4 Å². The summed E-state index contributed by atoms with van der Waals surface area (Å²) in [6.07, 6.45) is 0.473. The molecule has 0 aromatic heterocycles. The van der Waals surface area contributed by atoms with Crippen molar-refractivity contribution in [2.24, 2.45) is 5.14 Å². The number of sulfonamides is 1. The van der Waals surface area contributed by atoms with Crippen LogP contribution in [0.1, 0.15) is 32.7 Å². The molecule has 11 nitrogen and oxygen atoms in total. The van der Waals surface area contributed by atoms with E-state index in [0.717, 1.165) is 10.5 Å². The normalized spacial score (nSPS) is 15.2. The smallest absolute Gasteiger partial charge is 0.338 e. The van der Waals surface area contributed by atoms with Crippen LogP contribution in [-0.4, -0.2) is 58.3 Å². The summed E-state index contributed by atoms with van der Waals surface area (Å²) in [5.41, 5.74) is 1.68. The first-order chi connectivity index (χ1) is 19.1. The quantitative estimate of drug-likeness (QED) is 0.201. The molecule has 3 aromatic carbocycles. The van der Waals surface area contributed by atoms with Crippen molar-refractivity contribution < 1.29 is 37.1 Å².